The molecule has 17 heavy (non-hydrogen) atoms. The summed E-state index contributed by atoms with van der Waals surface area (Å²) < 4.78 is 7.68. The fraction of sp³-hybridized carbons (Fsp3) is 0.538. The summed E-state index contributed by atoms with van der Waals surface area (Å²) in [5, 5.41) is 3.35. The number of halogens is 2. The maximum atomic E-state index is 5.55. The van der Waals surface area contributed by atoms with Crippen molar-refractivity contribution < 1.29 is 4.74 Å². The van der Waals surface area contributed by atoms with E-state index in [0.717, 1.165) is 40.8 Å². The first-order valence-corrected chi connectivity index (χ1v) is 7.45. The molecule has 96 valence electrons. The Hall–Kier alpha value is -0.0600. The first-order valence-electron chi connectivity index (χ1n) is 5.87. The van der Waals surface area contributed by atoms with Gasteiger partial charge in [-0.15, -0.1) is 0 Å². The Morgan fingerprint density at radius 1 is 1.18 bits per heavy atom. The van der Waals surface area contributed by atoms with E-state index in [1.54, 1.807) is 0 Å². The SMILES string of the molecule is CC(C)CCOCCNc1c(Br)cccc1Br. The van der Waals surface area contributed by atoms with Crippen LogP contribution in [0.2, 0.25) is 0 Å². The van der Waals surface area contributed by atoms with Crippen LogP contribution in [0.15, 0.2) is 27.1 Å². The molecule has 1 aromatic carbocycles. The molecule has 1 rings (SSSR count). The maximum Gasteiger partial charge on any atom is 0.0639 e. The molecule has 0 atom stereocenters. The Labute approximate surface area is 120 Å². The summed E-state index contributed by atoms with van der Waals surface area (Å²) in [7, 11) is 0. The molecular weight excluding hydrogens is 346 g/mol. The Morgan fingerprint density at radius 2 is 1.82 bits per heavy atom. The molecule has 0 heterocycles. The van der Waals surface area contributed by atoms with E-state index in [2.05, 4.69) is 51.0 Å². The highest BCUT2D eigenvalue weighted by molar-refractivity contribution is 9.11. The summed E-state index contributed by atoms with van der Waals surface area (Å²) in [5.41, 5.74) is 1.08. The van der Waals surface area contributed by atoms with Crippen LogP contribution in [0.25, 0.3) is 0 Å². The molecule has 0 aliphatic rings. The lowest BCUT2D eigenvalue weighted by Gasteiger charge is -2.11. The second-order valence-corrected chi connectivity index (χ2v) is 6.03. The third kappa shape index (κ3) is 5.89. The molecule has 0 aromatic heterocycles. The van der Waals surface area contributed by atoms with Crippen LogP contribution in [0.5, 0.6) is 0 Å². The van der Waals surface area contributed by atoms with E-state index in [9.17, 15) is 0 Å². The van der Waals surface area contributed by atoms with Crippen molar-refractivity contribution >= 4 is 37.5 Å². The van der Waals surface area contributed by atoms with Crippen molar-refractivity contribution in [1.82, 2.24) is 0 Å². The number of anilines is 1. The second-order valence-electron chi connectivity index (χ2n) is 4.32. The van der Waals surface area contributed by atoms with Gasteiger partial charge < -0.3 is 10.1 Å². The summed E-state index contributed by atoms with van der Waals surface area (Å²) in [6.07, 6.45) is 1.12. The van der Waals surface area contributed by atoms with Crippen molar-refractivity contribution in [3.63, 3.8) is 0 Å². The van der Waals surface area contributed by atoms with Crippen LogP contribution >= 0.6 is 31.9 Å². The Kier molecular flexibility index (Phi) is 7.16. The number of ether oxygens (including phenoxy) is 1. The van der Waals surface area contributed by atoms with Gasteiger partial charge in [-0.05, 0) is 56.3 Å². The van der Waals surface area contributed by atoms with Crippen LogP contribution in [0, 0.1) is 5.92 Å². The molecular formula is C13H19Br2NO. The van der Waals surface area contributed by atoms with E-state index in [1.165, 1.54) is 0 Å². The predicted octanol–water partition coefficient (Wildman–Crippen LogP) is 4.69. The van der Waals surface area contributed by atoms with Crippen molar-refractivity contribution in [3.8, 4) is 0 Å². The summed E-state index contributed by atoms with van der Waals surface area (Å²) in [6.45, 7) is 6.82. The van der Waals surface area contributed by atoms with Gasteiger partial charge in [-0.25, -0.2) is 0 Å². The van der Waals surface area contributed by atoms with Crippen molar-refractivity contribution in [2.75, 3.05) is 25.1 Å². The van der Waals surface area contributed by atoms with Gasteiger partial charge in [0.25, 0.3) is 0 Å². The lowest BCUT2D eigenvalue weighted by molar-refractivity contribution is 0.132. The van der Waals surface area contributed by atoms with Gasteiger partial charge in [0, 0.05) is 22.1 Å². The van der Waals surface area contributed by atoms with Gasteiger partial charge in [-0.1, -0.05) is 19.9 Å². The van der Waals surface area contributed by atoms with Crippen molar-refractivity contribution in [2.24, 2.45) is 5.92 Å². The number of rotatable bonds is 7. The van der Waals surface area contributed by atoms with Gasteiger partial charge in [0.05, 0.1) is 12.3 Å². The van der Waals surface area contributed by atoms with E-state index in [1.807, 2.05) is 18.2 Å². The molecule has 0 amide bonds. The number of hydrogen-bond acceptors (Lipinski definition) is 2. The summed E-state index contributed by atoms with van der Waals surface area (Å²) in [5.74, 6) is 0.709. The lowest BCUT2D eigenvalue weighted by Crippen LogP contribution is -2.11. The Morgan fingerprint density at radius 3 is 2.41 bits per heavy atom. The summed E-state index contributed by atoms with van der Waals surface area (Å²) in [6, 6.07) is 6.04. The zero-order valence-electron chi connectivity index (χ0n) is 10.3. The van der Waals surface area contributed by atoms with Gasteiger partial charge in [-0.2, -0.15) is 0 Å². The number of nitrogens with one attached hydrogen (secondary N) is 1. The van der Waals surface area contributed by atoms with Crippen LogP contribution in [0.3, 0.4) is 0 Å². The third-order valence-electron chi connectivity index (χ3n) is 2.35. The molecule has 4 heteroatoms. The summed E-state index contributed by atoms with van der Waals surface area (Å²) in [4.78, 5) is 0. The van der Waals surface area contributed by atoms with E-state index >= 15 is 0 Å². The first kappa shape index (κ1) is 15.0. The topological polar surface area (TPSA) is 21.3 Å². The van der Waals surface area contributed by atoms with E-state index in [4.69, 9.17) is 4.74 Å². The molecule has 0 saturated carbocycles. The molecule has 1 aromatic rings. The monoisotopic (exact) mass is 363 g/mol. The van der Waals surface area contributed by atoms with Crippen molar-refractivity contribution in [1.29, 1.82) is 0 Å². The zero-order valence-corrected chi connectivity index (χ0v) is 13.5. The zero-order chi connectivity index (χ0) is 12.7. The fourth-order valence-electron chi connectivity index (χ4n) is 1.34. The molecule has 0 spiro atoms. The van der Waals surface area contributed by atoms with E-state index in [-0.39, 0.29) is 0 Å². The number of benzene rings is 1. The average Bonchev–Trinajstić information content (AvgIpc) is 2.26. The molecule has 0 aliphatic heterocycles. The van der Waals surface area contributed by atoms with Gasteiger partial charge in [0.15, 0.2) is 0 Å². The van der Waals surface area contributed by atoms with E-state index < -0.39 is 0 Å². The second kappa shape index (κ2) is 8.11. The third-order valence-corrected chi connectivity index (χ3v) is 3.67. The summed E-state index contributed by atoms with van der Waals surface area (Å²) >= 11 is 7.03. The average molecular weight is 365 g/mol. The number of para-hydroxylation sites is 1. The van der Waals surface area contributed by atoms with Gasteiger partial charge in [0.2, 0.25) is 0 Å². The molecule has 0 fully saturated rings. The van der Waals surface area contributed by atoms with Crippen LogP contribution in [0.1, 0.15) is 20.3 Å². The van der Waals surface area contributed by atoms with Crippen molar-refractivity contribution in [2.45, 2.75) is 20.3 Å². The van der Waals surface area contributed by atoms with Gasteiger partial charge in [-0.3, -0.25) is 0 Å². The maximum absolute atomic E-state index is 5.55. The van der Waals surface area contributed by atoms with Gasteiger partial charge >= 0.3 is 0 Å². The Bertz CT molecular complexity index is 322. The minimum atomic E-state index is 0.709. The molecule has 0 unspecified atom stereocenters. The lowest BCUT2D eigenvalue weighted by atomic mass is 10.1. The molecule has 0 radical (unpaired) electrons. The quantitative estimate of drug-likeness (QED) is 0.709. The van der Waals surface area contributed by atoms with Crippen LogP contribution < -0.4 is 5.32 Å². The highest BCUT2D eigenvalue weighted by Gasteiger charge is 2.02. The van der Waals surface area contributed by atoms with Crippen LogP contribution in [-0.4, -0.2) is 19.8 Å². The highest BCUT2D eigenvalue weighted by atomic mass is 79.9. The Balaban J connectivity index is 2.22. The minimum absolute atomic E-state index is 0.709. The fourth-order valence-corrected chi connectivity index (χ4v) is 2.61. The van der Waals surface area contributed by atoms with Gasteiger partial charge in [0.1, 0.15) is 0 Å². The van der Waals surface area contributed by atoms with Crippen LogP contribution in [0.4, 0.5) is 5.69 Å². The molecule has 0 saturated heterocycles. The standard InChI is InChI=1S/C13H19Br2NO/c1-10(2)6-8-17-9-7-16-13-11(14)4-3-5-12(13)15/h3-5,10,16H,6-9H2,1-2H3. The normalized spacial score (nSPS) is 10.9. The van der Waals surface area contributed by atoms with E-state index in [0.29, 0.717) is 5.92 Å². The molecule has 2 nitrogen and oxygen atoms in total. The minimum Gasteiger partial charge on any atom is -0.381 e. The molecule has 0 aliphatic carbocycles. The molecule has 1 N–H and O–H groups in total. The smallest absolute Gasteiger partial charge is 0.0639 e. The highest BCUT2D eigenvalue weighted by Crippen LogP contribution is 2.30. The molecule has 0 bridgehead atoms. The van der Waals surface area contributed by atoms with Crippen molar-refractivity contribution in [3.05, 3.63) is 27.1 Å². The largest absolute Gasteiger partial charge is 0.381 e. The first-order chi connectivity index (χ1) is 8.11. The number of hydrogen-bond donors (Lipinski definition) is 1. The predicted molar refractivity (Wildman–Crippen MR) is 80.6 cm³/mol. The van der Waals surface area contributed by atoms with Crippen LogP contribution in [-0.2, 0) is 4.74 Å².